The second-order valence-electron chi connectivity index (χ2n) is 2.74. The van der Waals surface area contributed by atoms with Crippen LogP contribution in [0.3, 0.4) is 0 Å². The van der Waals surface area contributed by atoms with Gasteiger partial charge < -0.3 is 0 Å². The van der Waals surface area contributed by atoms with Gasteiger partial charge in [-0.3, -0.25) is 0 Å². The predicted octanol–water partition coefficient (Wildman–Crippen LogP) is -5.29. The maximum atomic E-state index is 2.71. The molecule has 0 aliphatic carbocycles. The minimum atomic E-state index is 0. The van der Waals surface area contributed by atoms with Gasteiger partial charge in [-0.05, 0) is 42.8 Å². The van der Waals surface area contributed by atoms with Crippen LogP contribution in [-0.2, 0) is 0 Å². The van der Waals surface area contributed by atoms with Crippen molar-refractivity contribution in [2.45, 2.75) is 6.55 Å². The van der Waals surface area contributed by atoms with Gasteiger partial charge in [0, 0.05) is 7.83 Å². The van der Waals surface area contributed by atoms with Crippen molar-refractivity contribution in [3.8, 4) is 0 Å². The van der Waals surface area contributed by atoms with Gasteiger partial charge in [-0.25, -0.2) is 0 Å². The Morgan fingerprint density at radius 2 is 1.50 bits per heavy atom. The number of hydrogen-bond donors (Lipinski definition) is 0. The molecule has 0 unspecified atom stereocenters. The van der Waals surface area contributed by atoms with Crippen LogP contribution in [0.25, 0.3) is 0 Å². The second-order valence-corrected chi connectivity index (χ2v) is 59.4. The van der Waals surface area contributed by atoms with Crippen molar-refractivity contribution in [1.29, 1.82) is 0 Å². The van der Waals surface area contributed by atoms with Gasteiger partial charge in [0.1, 0.15) is 0 Å². The van der Waals surface area contributed by atoms with Crippen molar-refractivity contribution in [1.82, 2.24) is 0 Å². The van der Waals surface area contributed by atoms with Gasteiger partial charge in [0.15, 0.2) is 0 Å². The first-order valence-corrected chi connectivity index (χ1v) is 27.1. The van der Waals surface area contributed by atoms with E-state index in [2.05, 4.69) is 6.55 Å². The van der Waals surface area contributed by atoms with Crippen LogP contribution in [0.4, 0.5) is 0 Å². The maximum absolute atomic E-state index is 2.71. The van der Waals surface area contributed by atoms with E-state index in [4.69, 9.17) is 0 Å². The molecule has 0 nitrogen and oxygen atoms in total. The zero-order valence-corrected chi connectivity index (χ0v) is 13.3. The van der Waals surface area contributed by atoms with Crippen LogP contribution in [0.5, 0.6) is 0 Å². The van der Waals surface area contributed by atoms with Crippen LogP contribution in [-0.4, -0.2) is 80.2 Å². The van der Waals surface area contributed by atoms with E-state index in [0.717, 1.165) is 42.8 Å². The summed E-state index contributed by atoms with van der Waals surface area (Å²) in [7, 11) is 4.79. The molecule has 44 valence electrons. The van der Waals surface area contributed by atoms with Crippen molar-refractivity contribution < 1.29 is 0 Å². The molecule has 1 heterocycles. The molecule has 0 N–H and O–H groups in total. The standard InChI is InChI=1S/CH14Si6.Na.H/c1-7-5-3-2-4-6-7;;/h7H,2-6H2,1H3;;. The monoisotopic (exact) mass is 218 g/mol. The molecular weight excluding hydrogens is 204 g/mol. The molecule has 0 aromatic rings. The zero-order valence-electron chi connectivity index (χ0n) is 5.11. The van der Waals surface area contributed by atoms with E-state index in [9.17, 15) is 0 Å². The SMILES string of the molecule is C[SiH]1[SiH2][SiH2][SiH2][SiH2][SiH2]1.[NaH]. The molecular formula is CH15NaSi6. The minimum absolute atomic E-state index is 0. The molecule has 0 atom stereocenters. The Hall–Kier alpha value is 2.30. The molecule has 0 bridgehead atoms. The summed E-state index contributed by atoms with van der Waals surface area (Å²) in [6, 6.07) is 0. The average molecular weight is 219 g/mol. The molecule has 1 saturated heterocycles. The van der Waals surface area contributed by atoms with Gasteiger partial charge in [-0.2, -0.15) is 0 Å². The fourth-order valence-electron chi connectivity index (χ4n) is 1.31. The summed E-state index contributed by atoms with van der Waals surface area (Å²) in [6.45, 7) is 2.71. The van der Waals surface area contributed by atoms with E-state index in [1.807, 2.05) is 0 Å². The van der Waals surface area contributed by atoms with Crippen LogP contribution in [0.2, 0.25) is 6.55 Å². The molecule has 7 heteroatoms. The summed E-state index contributed by atoms with van der Waals surface area (Å²) in [4.78, 5) is 0. The van der Waals surface area contributed by atoms with Crippen LogP contribution in [0.15, 0.2) is 0 Å². The molecule has 1 fully saturated rings. The summed E-state index contributed by atoms with van der Waals surface area (Å²) < 4.78 is 0. The third kappa shape index (κ3) is 4.17. The van der Waals surface area contributed by atoms with Crippen molar-refractivity contribution in [3.05, 3.63) is 0 Å². The third-order valence-electron chi connectivity index (χ3n) is 1.89. The molecule has 0 saturated carbocycles. The fourth-order valence-corrected chi connectivity index (χ4v) is 251. The number of rotatable bonds is 0. The van der Waals surface area contributed by atoms with Crippen molar-refractivity contribution in [2.75, 3.05) is 0 Å². The third-order valence-corrected chi connectivity index (χ3v) is 122. The van der Waals surface area contributed by atoms with Gasteiger partial charge >= 0.3 is 29.6 Å². The topological polar surface area (TPSA) is 0 Å². The molecule has 0 aromatic heterocycles. The summed E-state index contributed by atoms with van der Waals surface area (Å²) in [5, 5.41) is 0. The average Bonchev–Trinajstić information content (AvgIpc) is 1.69. The molecule has 0 radical (unpaired) electrons. The first kappa shape index (κ1) is 10.3. The Morgan fingerprint density at radius 1 is 1.00 bits per heavy atom. The molecule has 0 amide bonds. The van der Waals surface area contributed by atoms with E-state index in [0.29, 0.717) is 7.83 Å². The normalized spacial score (nSPS) is 43.9. The first-order chi connectivity index (χ1) is 3.39. The molecule has 0 spiro atoms. The van der Waals surface area contributed by atoms with Gasteiger partial charge in [-0.15, -0.1) is 0 Å². The summed E-state index contributed by atoms with van der Waals surface area (Å²) in [5.41, 5.74) is 0. The fraction of sp³-hybridized carbons (Fsp3) is 1.00. The zero-order chi connectivity index (χ0) is 5.11. The molecule has 1 aliphatic rings. The molecule has 8 heavy (non-hydrogen) atoms. The van der Waals surface area contributed by atoms with E-state index in [-0.39, 0.29) is 29.6 Å². The van der Waals surface area contributed by atoms with Crippen molar-refractivity contribution in [3.63, 3.8) is 0 Å². The van der Waals surface area contributed by atoms with Crippen LogP contribution in [0, 0.1) is 0 Å². The van der Waals surface area contributed by atoms with Crippen LogP contribution in [0.1, 0.15) is 0 Å². The quantitative estimate of drug-likeness (QED) is 0.357. The Bertz CT molecular complexity index is 50.5. The summed E-state index contributed by atoms with van der Waals surface area (Å²) >= 11 is 0. The Balaban J connectivity index is 0.000000490. The van der Waals surface area contributed by atoms with Crippen LogP contribution >= 0.6 is 0 Å². The van der Waals surface area contributed by atoms with Crippen LogP contribution < -0.4 is 0 Å². The van der Waals surface area contributed by atoms with Gasteiger partial charge in [-0.1, -0.05) is 6.55 Å². The van der Waals surface area contributed by atoms with Crippen molar-refractivity contribution in [2.24, 2.45) is 0 Å². The molecule has 1 rings (SSSR count). The molecule has 0 aromatic carbocycles. The van der Waals surface area contributed by atoms with E-state index in [1.54, 1.807) is 0 Å². The van der Waals surface area contributed by atoms with Crippen molar-refractivity contribution >= 4 is 80.2 Å². The molecule has 1 aliphatic heterocycles. The Labute approximate surface area is 85.7 Å². The number of hydrogen-bond acceptors (Lipinski definition) is 0. The Kier molecular flexibility index (Phi) is 7.78. The van der Waals surface area contributed by atoms with Gasteiger partial charge in [0.25, 0.3) is 0 Å². The summed E-state index contributed by atoms with van der Waals surface area (Å²) in [6.07, 6.45) is 0. The predicted molar refractivity (Wildman–Crippen MR) is 62.9 cm³/mol. The van der Waals surface area contributed by atoms with Gasteiger partial charge in [0.05, 0.1) is 0 Å². The van der Waals surface area contributed by atoms with E-state index >= 15 is 0 Å². The van der Waals surface area contributed by atoms with Gasteiger partial charge in [0.2, 0.25) is 0 Å². The second kappa shape index (κ2) is 6.04. The van der Waals surface area contributed by atoms with E-state index in [1.165, 1.54) is 0 Å². The first-order valence-electron chi connectivity index (χ1n) is 3.39. The summed E-state index contributed by atoms with van der Waals surface area (Å²) in [5.74, 6) is 0. The Morgan fingerprint density at radius 3 is 1.75 bits per heavy atom. The van der Waals surface area contributed by atoms with E-state index < -0.39 is 0 Å².